The van der Waals surface area contributed by atoms with Crippen LogP contribution >= 0.6 is 11.8 Å². The Morgan fingerprint density at radius 2 is 1.83 bits per heavy atom. The fraction of sp³-hybridized carbons (Fsp3) is 0.148. The zero-order chi connectivity index (χ0) is 24.6. The molecule has 1 saturated heterocycles. The second kappa shape index (κ2) is 11.5. The standard InChI is InChI=1S/C27H24N2O5S/c1-33-15-14-29-25(30)24(35-27(29)28-22-11-3-2-4-12-22)17-20-9-5-6-13-23(20)34-18-19-8-7-10-21(16-19)26(31)32/h2-13,16-17H,14-15,18H2,1H3,(H,31,32). The molecule has 0 aliphatic carbocycles. The Hall–Kier alpha value is -3.88. The van der Waals surface area contributed by atoms with Crippen molar-refractivity contribution in [2.75, 3.05) is 20.3 Å². The van der Waals surface area contributed by atoms with Crippen molar-refractivity contribution < 1.29 is 24.2 Å². The van der Waals surface area contributed by atoms with E-state index in [4.69, 9.17) is 9.47 Å². The summed E-state index contributed by atoms with van der Waals surface area (Å²) in [6, 6.07) is 23.5. The van der Waals surface area contributed by atoms with Gasteiger partial charge in [0.2, 0.25) is 0 Å². The first-order chi connectivity index (χ1) is 17.0. The molecule has 4 rings (SSSR count). The first kappa shape index (κ1) is 24.3. The molecule has 1 fully saturated rings. The maximum atomic E-state index is 13.2. The molecule has 7 nitrogen and oxygen atoms in total. The summed E-state index contributed by atoms with van der Waals surface area (Å²) in [5.74, 6) is -0.545. The van der Waals surface area contributed by atoms with E-state index in [0.717, 1.165) is 16.8 Å². The van der Waals surface area contributed by atoms with Crippen LogP contribution in [0.2, 0.25) is 0 Å². The Bertz CT molecular complexity index is 1270. The molecule has 0 aromatic heterocycles. The predicted octanol–water partition coefficient (Wildman–Crippen LogP) is 5.21. The number of carboxylic acids is 1. The van der Waals surface area contributed by atoms with Crippen LogP contribution in [0.5, 0.6) is 5.75 Å². The van der Waals surface area contributed by atoms with Gasteiger partial charge in [-0.1, -0.05) is 48.5 Å². The monoisotopic (exact) mass is 488 g/mol. The van der Waals surface area contributed by atoms with E-state index in [-0.39, 0.29) is 18.1 Å². The topological polar surface area (TPSA) is 88.4 Å². The zero-order valence-electron chi connectivity index (χ0n) is 19.1. The molecule has 8 heteroatoms. The lowest BCUT2D eigenvalue weighted by Gasteiger charge is -2.14. The first-order valence-electron chi connectivity index (χ1n) is 10.9. The van der Waals surface area contributed by atoms with Gasteiger partial charge in [-0.2, -0.15) is 0 Å². The molecule has 3 aromatic carbocycles. The Labute approximate surface area is 207 Å². The highest BCUT2D eigenvalue weighted by Crippen LogP contribution is 2.35. The summed E-state index contributed by atoms with van der Waals surface area (Å²) >= 11 is 1.31. The van der Waals surface area contributed by atoms with Crippen molar-refractivity contribution in [3.05, 3.63) is 100 Å². The van der Waals surface area contributed by atoms with Gasteiger partial charge in [-0.05, 0) is 53.7 Å². The van der Waals surface area contributed by atoms with Gasteiger partial charge >= 0.3 is 5.97 Å². The van der Waals surface area contributed by atoms with E-state index in [0.29, 0.717) is 29.0 Å². The largest absolute Gasteiger partial charge is 0.488 e. The number of carboxylic acid groups (broad SMARTS) is 1. The minimum absolute atomic E-state index is 0.148. The van der Waals surface area contributed by atoms with Crippen molar-refractivity contribution in [3.8, 4) is 5.75 Å². The first-order valence-corrected chi connectivity index (χ1v) is 11.7. The molecule has 0 saturated carbocycles. The summed E-state index contributed by atoms with van der Waals surface area (Å²) in [6.45, 7) is 0.981. The fourth-order valence-corrected chi connectivity index (χ4v) is 4.43. The number of carbonyl (C=O) groups excluding carboxylic acids is 1. The van der Waals surface area contributed by atoms with Gasteiger partial charge in [0.1, 0.15) is 12.4 Å². The van der Waals surface area contributed by atoms with E-state index in [1.165, 1.54) is 17.8 Å². The van der Waals surface area contributed by atoms with Crippen LogP contribution in [-0.2, 0) is 16.1 Å². The summed E-state index contributed by atoms with van der Waals surface area (Å²) in [6.07, 6.45) is 1.79. The Morgan fingerprint density at radius 3 is 2.60 bits per heavy atom. The number of benzene rings is 3. The molecular formula is C27H24N2O5S. The molecule has 1 aliphatic heterocycles. The lowest BCUT2D eigenvalue weighted by molar-refractivity contribution is -0.122. The second-order valence-electron chi connectivity index (χ2n) is 7.62. The summed E-state index contributed by atoms with van der Waals surface area (Å²) in [5, 5.41) is 9.80. The molecular weight excluding hydrogens is 464 g/mol. The molecule has 0 radical (unpaired) electrons. The number of aromatic carboxylic acids is 1. The van der Waals surface area contributed by atoms with E-state index in [2.05, 4.69) is 4.99 Å². The molecule has 35 heavy (non-hydrogen) atoms. The van der Waals surface area contributed by atoms with Crippen molar-refractivity contribution in [2.45, 2.75) is 6.61 Å². The van der Waals surface area contributed by atoms with Gasteiger partial charge in [-0.3, -0.25) is 9.69 Å². The number of amidine groups is 1. The van der Waals surface area contributed by atoms with Crippen LogP contribution in [-0.4, -0.2) is 47.3 Å². The van der Waals surface area contributed by atoms with Crippen LogP contribution in [0.4, 0.5) is 5.69 Å². The van der Waals surface area contributed by atoms with Crippen molar-refractivity contribution in [1.82, 2.24) is 4.90 Å². The number of thioether (sulfide) groups is 1. The van der Waals surface area contributed by atoms with Gasteiger partial charge in [0.15, 0.2) is 5.17 Å². The van der Waals surface area contributed by atoms with E-state index in [1.807, 2.05) is 60.7 Å². The lowest BCUT2D eigenvalue weighted by atomic mass is 10.1. The number of carbonyl (C=O) groups is 2. The fourth-order valence-electron chi connectivity index (χ4n) is 3.41. The Kier molecular flexibility index (Phi) is 7.97. The SMILES string of the molecule is COCCN1C(=O)C(=Cc2ccccc2OCc2cccc(C(=O)O)c2)SC1=Nc1ccccc1. The van der Waals surface area contributed by atoms with Crippen molar-refractivity contribution in [3.63, 3.8) is 0 Å². The van der Waals surface area contributed by atoms with Gasteiger partial charge in [0.25, 0.3) is 5.91 Å². The molecule has 1 N–H and O–H groups in total. The second-order valence-corrected chi connectivity index (χ2v) is 8.63. The highest BCUT2D eigenvalue weighted by atomic mass is 32.2. The number of hydrogen-bond acceptors (Lipinski definition) is 6. The number of rotatable bonds is 9. The number of aliphatic imine (C=N–C) groups is 1. The maximum absolute atomic E-state index is 13.2. The third kappa shape index (κ3) is 6.17. The molecule has 0 bridgehead atoms. The number of para-hydroxylation sites is 2. The molecule has 1 amide bonds. The Morgan fingerprint density at radius 1 is 1.06 bits per heavy atom. The third-order valence-corrected chi connectivity index (χ3v) is 6.17. The van der Waals surface area contributed by atoms with Crippen LogP contribution in [0.25, 0.3) is 6.08 Å². The quantitative estimate of drug-likeness (QED) is 0.416. The van der Waals surface area contributed by atoms with Crippen LogP contribution in [0.3, 0.4) is 0 Å². The third-order valence-electron chi connectivity index (χ3n) is 5.16. The number of methoxy groups -OCH3 is 1. The van der Waals surface area contributed by atoms with Crippen LogP contribution in [0.15, 0.2) is 88.8 Å². The highest BCUT2D eigenvalue weighted by Gasteiger charge is 2.33. The normalized spacial score (nSPS) is 15.7. The average Bonchev–Trinajstić information content (AvgIpc) is 3.16. The van der Waals surface area contributed by atoms with E-state index in [1.54, 1.807) is 30.2 Å². The van der Waals surface area contributed by atoms with Gasteiger partial charge in [0, 0.05) is 12.7 Å². The van der Waals surface area contributed by atoms with Gasteiger partial charge < -0.3 is 14.6 Å². The van der Waals surface area contributed by atoms with Gasteiger partial charge in [-0.15, -0.1) is 0 Å². The summed E-state index contributed by atoms with van der Waals surface area (Å²) in [4.78, 5) is 31.3. The molecule has 1 heterocycles. The van der Waals surface area contributed by atoms with E-state index < -0.39 is 5.97 Å². The molecule has 178 valence electrons. The highest BCUT2D eigenvalue weighted by molar-refractivity contribution is 8.18. The zero-order valence-corrected chi connectivity index (χ0v) is 19.9. The van der Waals surface area contributed by atoms with Gasteiger partial charge in [-0.25, -0.2) is 9.79 Å². The number of ether oxygens (including phenoxy) is 2. The van der Waals surface area contributed by atoms with Crippen LogP contribution in [0, 0.1) is 0 Å². The maximum Gasteiger partial charge on any atom is 0.335 e. The van der Waals surface area contributed by atoms with Gasteiger partial charge in [0.05, 0.1) is 29.3 Å². The molecule has 3 aromatic rings. The molecule has 0 atom stereocenters. The number of hydrogen-bond donors (Lipinski definition) is 1. The van der Waals surface area contributed by atoms with Crippen molar-refractivity contribution in [2.24, 2.45) is 4.99 Å². The van der Waals surface area contributed by atoms with E-state index >= 15 is 0 Å². The lowest BCUT2D eigenvalue weighted by Crippen LogP contribution is -2.32. The van der Waals surface area contributed by atoms with Crippen molar-refractivity contribution >= 4 is 40.6 Å². The van der Waals surface area contributed by atoms with E-state index in [9.17, 15) is 14.7 Å². The minimum atomic E-state index is -0.986. The minimum Gasteiger partial charge on any atom is -0.488 e. The molecule has 0 spiro atoms. The summed E-state index contributed by atoms with van der Waals surface area (Å²) in [5.41, 5.74) is 2.45. The predicted molar refractivity (Wildman–Crippen MR) is 137 cm³/mol. The molecule has 1 aliphatic rings. The Balaban J connectivity index is 1.58. The van der Waals surface area contributed by atoms with Crippen LogP contribution in [0.1, 0.15) is 21.5 Å². The average molecular weight is 489 g/mol. The number of amides is 1. The molecule has 0 unspecified atom stereocenters. The van der Waals surface area contributed by atoms with Crippen molar-refractivity contribution in [1.29, 1.82) is 0 Å². The van der Waals surface area contributed by atoms with Crippen LogP contribution < -0.4 is 4.74 Å². The summed E-state index contributed by atoms with van der Waals surface area (Å²) < 4.78 is 11.2. The summed E-state index contributed by atoms with van der Waals surface area (Å²) in [7, 11) is 1.60. The number of nitrogens with zero attached hydrogens (tertiary/aromatic N) is 2. The smallest absolute Gasteiger partial charge is 0.335 e.